The number of rotatable bonds is 1. The van der Waals surface area contributed by atoms with Crippen molar-refractivity contribution >= 4 is 21.7 Å². The Hall–Kier alpha value is -1.49. The molecule has 4 nitrogen and oxygen atoms in total. The van der Waals surface area contributed by atoms with Gasteiger partial charge in [-0.25, -0.2) is 9.97 Å². The molecule has 0 saturated carbocycles. The van der Waals surface area contributed by atoms with Crippen LogP contribution in [0.3, 0.4) is 0 Å². The van der Waals surface area contributed by atoms with Crippen LogP contribution in [0.1, 0.15) is 32.0 Å². The Morgan fingerprint density at radius 1 is 1.21 bits per heavy atom. The van der Waals surface area contributed by atoms with Crippen molar-refractivity contribution in [1.82, 2.24) is 15.0 Å². The number of hydrogen-bond donors (Lipinski definition) is 1. The molecule has 0 saturated heterocycles. The average molecular weight is 321 g/mol. The number of aryl methyl sites for hydroxylation is 1. The summed E-state index contributed by atoms with van der Waals surface area (Å²) in [6.45, 7) is 8.30. The maximum Gasteiger partial charge on any atom is 0.163 e. The molecule has 0 unspecified atom stereocenters. The first-order valence-electron chi connectivity index (χ1n) is 6.05. The van der Waals surface area contributed by atoms with E-state index in [2.05, 4.69) is 51.7 Å². The minimum atomic E-state index is -0.110. The summed E-state index contributed by atoms with van der Waals surface area (Å²) in [5.41, 5.74) is 8.77. The Labute approximate surface area is 121 Å². The van der Waals surface area contributed by atoms with E-state index in [1.165, 1.54) is 0 Å². The molecule has 0 amide bonds. The topological polar surface area (TPSA) is 64.7 Å². The van der Waals surface area contributed by atoms with Crippen LogP contribution in [0, 0.1) is 6.92 Å². The molecule has 0 aliphatic carbocycles. The molecule has 2 heterocycles. The molecular formula is C14H17BrN4. The highest BCUT2D eigenvalue weighted by Gasteiger charge is 2.23. The summed E-state index contributed by atoms with van der Waals surface area (Å²) in [4.78, 5) is 13.1. The van der Waals surface area contributed by atoms with Gasteiger partial charge in [0.05, 0.1) is 10.2 Å². The Bertz CT molecular complexity index is 617. The Balaban J connectivity index is 2.68. The third-order valence-electron chi connectivity index (χ3n) is 2.87. The monoisotopic (exact) mass is 320 g/mol. The molecular weight excluding hydrogens is 304 g/mol. The van der Waals surface area contributed by atoms with Gasteiger partial charge in [-0.15, -0.1) is 0 Å². The highest BCUT2D eigenvalue weighted by molar-refractivity contribution is 9.10. The van der Waals surface area contributed by atoms with E-state index in [4.69, 9.17) is 5.73 Å². The maximum absolute atomic E-state index is 5.99. The number of halogens is 1. The van der Waals surface area contributed by atoms with E-state index in [0.717, 1.165) is 21.3 Å². The molecule has 5 heteroatoms. The molecule has 0 fully saturated rings. The third kappa shape index (κ3) is 2.76. The molecule has 0 aromatic carbocycles. The van der Waals surface area contributed by atoms with Gasteiger partial charge >= 0.3 is 0 Å². The van der Waals surface area contributed by atoms with Gasteiger partial charge in [0.15, 0.2) is 5.82 Å². The number of nitrogens with two attached hydrogens (primary N) is 1. The standard InChI is InChI=1S/C14H17BrN4/c1-8-5-6-17-7-9(8)13-18-11(14(2,3)4)10(15)12(16)19-13/h5-7H,1-4H3,(H2,16,18,19). The van der Waals surface area contributed by atoms with Crippen LogP contribution in [0.25, 0.3) is 11.4 Å². The fraction of sp³-hybridized carbons (Fsp3) is 0.357. The molecule has 0 bridgehead atoms. The first-order valence-corrected chi connectivity index (χ1v) is 6.84. The van der Waals surface area contributed by atoms with Crippen LogP contribution >= 0.6 is 15.9 Å². The van der Waals surface area contributed by atoms with E-state index < -0.39 is 0 Å². The predicted octanol–water partition coefficient (Wildman–Crippen LogP) is 3.49. The van der Waals surface area contributed by atoms with Crippen molar-refractivity contribution in [2.75, 3.05) is 5.73 Å². The number of anilines is 1. The summed E-state index contributed by atoms with van der Waals surface area (Å²) in [6.07, 6.45) is 3.52. The quantitative estimate of drug-likeness (QED) is 0.873. The summed E-state index contributed by atoms with van der Waals surface area (Å²) in [6, 6.07) is 1.94. The second-order valence-corrected chi connectivity index (χ2v) is 6.33. The van der Waals surface area contributed by atoms with Crippen LogP contribution in [0.4, 0.5) is 5.82 Å². The Morgan fingerprint density at radius 3 is 2.47 bits per heavy atom. The lowest BCUT2D eigenvalue weighted by Crippen LogP contribution is -2.17. The second-order valence-electron chi connectivity index (χ2n) is 5.54. The van der Waals surface area contributed by atoms with Gasteiger partial charge in [0.25, 0.3) is 0 Å². The molecule has 100 valence electrons. The molecule has 19 heavy (non-hydrogen) atoms. The SMILES string of the molecule is Cc1ccncc1-c1nc(N)c(Br)c(C(C)(C)C)n1. The fourth-order valence-electron chi connectivity index (χ4n) is 1.78. The second kappa shape index (κ2) is 4.89. The number of aromatic nitrogens is 3. The highest BCUT2D eigenvalue weighted by Crippen LogP contribution is 2.33. The molecule has 0 aliphatic rings. The third-order valence-corrected chi connectivity index (χ3v) is 3.65. The minimum absolute atomic E-state index is 0.110. The largest absolute Gasteiger partial charge is 0.383 e. The average Bonchev–Trinajstić information content (AvgIpc) is 2.31. The van der Waals surface area contributed by atoms with Crippen molar-refractivity contribution in [2.45, 2.75) is 33.1 Å². The molecule has 2 aromatic rings. The lowest BCUT2D eigenvalue weighted by Gasteiger charge is -2.21. The van der Waals surface area contributed by atoms with Crippen LogP contribution in [0.5, 0.6) is 0 Å². The zero-order chi connectivity index (χ0) is 14.2. The Morgan fingerprint density at radius 2 is 1.89 bits per heavy atom. The molecule has 0 aliphatic heterocycles. The van der Waals surface area contributed by atoms with Crippen LogP contribution in [-0.2, 0) is 5.41 Å². The van der Waals surface area contributed by atoms with Crippen molar-refractivity contribution in [3.63, 3.8) is 0 Å². The van der Waals surface area contributed by atoms with Gasteiger partial charge in [-0.2, -0.15) is 0 Å². The molecule has 2 rings (SSSR count). The first-order chi connectivity index (χ1) is 8.80. The normalized spacial score (nSPS) is 11.6. The van der Waals surface area contributed by atoms with E-state index in [0.29, 0.717) is 11.6 Å². The zero-order valence-corrected chi connectivity index (χ0v) is 13.1. The van der Waals surface area contributed by atoms with Gasteiger partial charge in [-0.05, 0) is 34.5 Å². The van der Waals surface area contributed by atoms with Crippen molar-refractivity contribution in [1.29, 1.82) is 0 Å². The van der Waals surface area contributed by atoms with Gasteiger partial charge in [0.1, 0.15) is 5.82 Å². The summed E-state index contributed by atoms with van der Waals surface area (Å²) >= 11 is 3.48. The lowest BCUT2D eigenvalue weighted by molar-refractivity contribution is 0.564. The van der Waals surface area contributed by atoms with Gasteiger partial charge in [-0.1, -0.05) is 20.8 Å². The number of hydrogen-bond acceptors (Lipinski definition) is 4. The van der Waals surface area contributed by atoms with E-state index in [9.17, 15) is 0 Å². The van der Waals surface area contributed by atoms with Gasteiger partial charge in [-0.3, -0.25) is 4.98 Å². The lowest BCUT2D eigenvalue weighted by atomic mass is 9.91. The fourth-order valence-corrected chi connectivity index (χ4v) is 2.55. The number of nitrogens with zero attached hydrogens (tertiary/aromatic N) is 3. The van der Waals surface area contributed by atoms with Gasteiger partial charge in [0.2, 0.25) is 0 Å². The summed E-state index contributed by atoms with van der Waals surface area (Å²) < 4.78 is 0.769. The molecule has 0 spiro atoms. The molecule has 2 aromatic heterocycles. The van der Waals surface area contributed by atoms with Crippen LogP contribution < -0.4 is 5.73 Å². The van der Waals surface area contributed by atoms with Crippen molar-refractivity contribution in [3.8, 4) is 11.4 Å². The van der Waals surface area contributed by atoms with Crippen molar-refractivity contribution in [2.24, 2.45) is 0 Å². The van der Waals surface area contributed by atoms with Crippen molar-refractivity contribution < 1.29 is 0 Å². The number of nitrogen functional groups attached to an aromatic ring is 1. The Kier molecular flexibility index (Phi) is 3.58. The van der Waals surface area contributed by atoms with Crippen LogP contribution in [0.15, 0.2) is 22.9 Å². The minimum Gasteiger partial charge on any atom is -0.383 e. The molecule has 0 atom stereocenters. The first kappa shape index (κ1) is 13.9. The zero-order valence-electron chi connectivity index (χ0n) is 11.5. The van der Waals surface area contributed by atoms with E-state index in [1.54, 1.807) is 12.4 Å². The van der Waals surface area contributed by atoms with Crippen LogP contribution in [0.2, 0.25) is 0 Å². The summed E-state index contributed by atoms with van der Waals surface area (Å²) in [5.74, 6) is 1.08. The highest BCUT2D eigenvalue weighted by atomic mass is 79.9. The van der Waals surface area contributed by atoms with Gasteiger partial charge in [0, 0.05) is 23.4 Å². The summed E-state index contributed by atoms with van der Waals surface area (Å²) in [7, 11) is 0. The molecule has 2 N–H and O–H groups in total. The number of pyridine rings is 1. The summed E-state index contributed by atoms with van der Waals surface area (Å²) in [5, 5.41) is 0. The van der Waals surface area contributed by atoms with E-state index in [-0.39, 0.29) is 5.41 Å². The maximum atomic E-state index is 5.99. The predicted molar refractivity (Wildman–Crippen MR) is 80.8 cm³/mol. The smallest absolute Gasteiger partial charge is 0.163 e. The van der Waals surface area contributed by atoms with Gasteiger partial charge < -0.3 is 5.73 Å². The van der Waals surface area contributed by atoms with E-state index >= 15 is 0 Å². The van der Waals surface area contributed by atoms with Crippen LogP contribution in [-0.4, -0.2) is 15.0 Å². The molecule has 0 radical (unpaired) electrons. The van der Waals surface area contributed by atoms with Crippen molar-refractivity contribution in [3.05, 3.63) is 34.2 Å². The van der Waals surface area contributed by atoms with E-state index in [1.807, 2.05) is 13.0 Å².